The average molecular weight is 353 g/mol. The Hall–Kier alpha value is -1.55. The second kappa shape index (κ2) is 9.56. The molecule has 23 heavy (non-hydrogen) atoms. The molecule has 0 heterocycles. The van der Waals surface area contributed by atoms with E-state index in [1.807, 2.05) is 61.5 Å². The van der Waals surface area contributed by atoms with E-state index in [0.717, 1.165) is 11.1 Å². The highest BCUT2D eigenvalue weighted by Crippen LogP contribution is 2.23. The summed E-state index contributed by atoms with van der Waals surface area (Å²) in [6.45, 7) is 1.82. The Morgan fingerprint density at radius 2 is 1.74 bits per heavy atom. The Morgan fingerprint density at radius 1 is 1.13 bits per heavy atom. The van der Waals surface area contributed by atoms with Crippen LogP contribution in [0.1, 0.15) is 30.5 Å². The van der Waals surface area contributed by atoms with Crippen molar-refractivity contribution >= 4 is 29.9 Å². The number of halogens is 2. The normalized spacial score (nSPS) is 12.8. The summed E-state index contributed by atoms with van der Waals surface area (Å²) in [4.78, 5) is 12.1. The second-order valence-electron chi connectivity index (χ2n) is 5.51. The smallest absolute Gasteiger partial charge is 0.222 e. The quantitative estimate of drug-likeness (QED) is 0.828. The van der Waals surface area contributed by atoms with E-state index in [4.69, 9.17) is 17.3 Å². The molecular formula is C18H22Cl2N2O. The van der Waals surface area contributed by atoms with Crippen molar-refractivity contribution in [1.82, 2.24) is 5.32 Å². The molecule has 2 aromatic rings. The zero-order valence-corrected chi connectivity index (χ0v) is 14.6. The van der Waals surface area contributed by atoms with Gasteiger partial charge in [0, 0.05) is 17.5 Å². The molecule has 3 nitrogen and oxygen atoms in total. The number of carbonyl (C=O) groups excluding carboxylic acids is 1. The predicted molar refractivity (Wildman–Crippen MR) is 98.0 cm³/mol. The van der Waals surface area contributed by atoms with Crippen LogP contribution in [0, 0.1) is 0 Å². The van der Waals surface area contributed by atoms with Crippen LogP contribution in [0.15, 0.2) is 54.6 Å². The molecule has 2 aromatic carbocycles. The summed E-state index contributed by atoms with van der Waals surface area (Å²) >= 11 is 6.24. The van der Waals surface area contributed by atoms with Gasteiger partial charge in [0.15, 0.2) is 0 Å². The first-order chi connectivity index (χ1) is 10.6. The fourth-order valence-corrected chi connectivity index (χ4v) is 2.58. The summed E-state index contributed by atoms with van der Waals surface area (Å²) < 4.78 is 0. The van der Waals surface area contributed by atoms with Crippen LogP contribution in [0.3, 0.4) is 0 Å². The molecular weight excluding hydrogens is 331 g/mol. The number of hydrogen-bond acceptors (Lipinski definition) is 2. The number of amides is 1. The molecule has 0 saturated heterocycles. The Morgan fingerprint density at radius 3 is 2.35 bits per heavy atom. The first-order valence-electron chi connectivity index (χ1n) is 7.39. The zero-order chi connectivity index (χ0) is 15.9. The van der Waals surface area contributed by atoms with Gasteiger partial charge in [0.05, 0.1) is 6.04 Å². The lowest BCUT2D eigenvalue weighted by molar-refractivity contribution is -0.122. The molecule has 2 unspecified atom stereocenters. The van der Waals surface area contributed by atoms with Crippen molar-refractivity contribution in [3.63, 3.8) is 0 Å². The van der Waals surface area contributed by atoms with Crippen molar-refractivity contribution in [3.05, 3.63) is 70.7 Å². The van der Waals surface area contributed by atoms with Crippen LogP contribution in [0.25, 0.3) is 0 Å². The van der Waals surface area contributed by atoms with Gasteiger partial charge >= 0.3 is 0 Å². The molecule has 0 aromatic heterocycles. The summed E-state index contributed by atoms with van der Waals surface area (Å²) in [5, 5.41) is 3.78. The molecule has 0 bridgehead atoms. The summed E-state index contributed by atoms with van der Waals surface area (Å²) in [5.74, 6) is -0.0455. The van der Waals surface area contributed by atoms with Gasteiger partial charge < -0.3 is 11.1 Å². The maximum atomic E-state index is 12.1. The highest BCUT2D eigenvalue weighted by Gasteiger charge is 2.17. The standard InChI is InChI=1S/C18H21ClN2O.ClH/c1-13(20)11-18(22)21-17(14-7-3-2-4-8-14)12-15-9-5-6-10-16(15)19;/h2-10,13,17H,11-12,20H2,1H3,(H,21,22);1H. The number of rotatable bonds is 6. The minimum absolute atomic E-state index is 0. The van der Waals surface area contributed by atoms with Crippen molar-refractivity contribution in [3.8, 4) is 0 Å². The van der Waals surface area contributed by atoms with Crippen molar-refractivity contribution in [1.29, 1.82) is 0 Å². The van der Waals surface area contributed by atoms with Crippen LogP contribution in [-0.4, -0.2) is 11.9 Å². The number of nitrogens with one attached hydrogen (secondary N) is 1. The van der Waals surface area contributed by atoms with Crippen LogP contribution in [0.5, 0.6) is 0 Å². The van der Waals surface area contributed by atoms with E-state index < -0.39 is 0 Å². The number of carbonyl (C=O) groups is 1. The topological polar surface area (TPSA) is 55.1 Å². The maximum absolute atomic E-state index is 12.1. The summed E-state index contributed by atoms with van der Waals surface area (Å²) in [5.41, 5.74) is 7.77. The molecule has 5 heteroatoms. The van der Waals surface area contributed by atoms with E-state index in [2.05, 4.69) is 5.32 Å². The van der Waals surface area contributed by atoms with Crippen LogP contribution in [0.2, 0.25) is 5.02 Å². The van der Waals surface area contributed by atoms with Crippen LogP contribution in [-0.2, 0) is 11.2 Å². The monoisotopic (exact) mass is 352 g/mol. The molecule has 0 fully saturated rings. The number of benzene rings is 2. The lowest BCUT2D eigenvalue weighted by atomic mass is 9.98. The van der Waals surface area contributed by atoms with Crippen molar-refractivity contribution in [2.45, 2.75) is 31.8 Å². The van der Waals surface area contributed by atoms with Gasteiger partial charge in [0.25, 0.3) is 0 Å². The summed E-state index contributed by atoms with van der Waals surface area (Å²) in [7, 11) is 0. The highest BCUT2D eigenvalue weighted by molar-refractivity contribution is 6.31. The molecule has 0 radical (unpaired) electrons. The Balaban J connectivity index is 0.00000264. The first kappa shape index (κ1) is 19.5. The van der Waals surface area contributed by atoms with Gasteiger partial charge in [-0.1, -0.05) is 60.1 Å². The molecule has 0 saturated carbocycles. The molecule has 0 spiro atoms. The van der Waals surface area contributed by atoms with Crippen LogP contribution >= 0.6 is 24.0 Å². The third-order valence-electron chi connectivity index (χ3n) is 3.43. The molecule has 2 atom stereocenters. The van der Waals surface area contributed by atoms with E-state index >= 15 is 0 Å². The van der Waals surface area contributed by atoms with Gasteiger partial charge in [-0.3, -0.25) is 4.79 Å². The minimum atomic E-state index is -0.156. The van der Waals surface area contributed by atoms with Crippen LogP contribution in [0.4, 0.5) is 0 Å². The molecule has 124 valence electrons. The van der Waals surface area contributed by atoms with Crippen molar-refractivity contribution < 1.29 is 4.79 Å². The Bertz CT molecular complexity index is 617. The fraction of sp³-hybridized carbons (Fsp3) is 0.278. The van der Waals surface area contributed by atoms with E-state index in [0.29, 0.717) is 17.9 Å². The van der Waals surface area contributed by atoms with Gasteiger partial charge in [0.2, 0.25) is 5.91 Å². The summed E-state index contributed by atoms with van der Waals surface area (Å²) in [6, 6.07) is 17.3. The van der Waals surface area contributed by atoms with Gasteiger partial charge in [-0.25, -0.2) is 0 Å². The predicted octanol–water partition coefficient (Wildman–Crippen LogP) is 3.90. The molecule has 1 amide bonds. The van der Waals surface area contributed by atoms with Crippen LogP contribution < -0.4 is 11.1 Å². The lowest BCUT2D eigenvalue weighted by Crippen LogP contribution is -2.33. The van der Waals surface area contributed by atoms with Gasteiger partial charge in [-0.15, -0.1) is 12.4 Å². The molecule has 0 aliphatic carbocycles. The molecule has 0 aliphatic heterocycles. The van der Waals surface area contributed by atoms with Crippen molar-refractivity contribution in [2.24, 2.45) is 5.73 Å². The Kier molecular flexibility index (Phi) is 8.10. The van der Waals surface area contributed by atoms with Gasteiger partial charge in [-0.2, -0.15) is 0 Å². The first-order valence-corrected chi connectivity index (χ1v) is 7.77. The van der Waals surface area contributed by atoms with Gasteiger partial charge in [-0.05, 0) is 30.5 Å². The zero-order valence-electron chi connectivity index (χ0n) is 13.0. The third kappa shape index (κ3) is 6.22. The van der Waals surface area contributed by atoms with E-state index in [-0.39, 0.29) is 30.4 Å². The molecule has 0 aliphatic rings. The third-order valence-corrected chi connectivity index (χ3v) is 3.80. The largest absolute Gasteiger partial charge is 0.349 e. The number of nitrogens with two attached hydrogens (primary N) is 1. The minimum Gasteiger partial charge on any atom is -0.349 e. The molecule has 3 N–H and O–H groups in total. The van der Waals surface area contributed by atoms with E-state index in [1.54, 1.807) is 0 Å². The second-order valence-corrected chi connectivity index (χ2v) is 5.91. The van der Waals surface area contributed by atoms with E-state index in [1.165, 1.54) is 0 Å². The summed E-state index contributed by atoms with van der Waals surface area (Å²) in [6.07, 6.45) is 0.959. The Labute approximate surface area is 148 Å². The lowest BCUT2D eigenvalue weighted by Gasteiger charge is -2.20. The fourth-order valence-electron chi connectivity index (χ4n) is 2.37. The maximum Gasteiger partial charge on any atom is 0.222 e. The average Bonchev–Trinajstić information content (AvgIpc) is 2.49. The highest BCUT2D eigenvalue weighted by atomic mass is 35.5. The number of hydrogen-bond donors (Lipinski definition) is 2. The van der Waals surface area contributed by atoms with Crippen molar-refractivity contribution in [2.75, 3.05) is 0 Å². The van der Waals surface area contributed by atoms with E-state index in [9.17, 15) is 4.79 Å². The SMILES string of the molecule is CC(N)CC(=O)NC(Cc1ccccc1Cl)c1ccccc1.Cl. The van der Waals surface area contributed by atoms with Gasteiger partial charge in [0.1, 0.15) is 0 Å². The molecule has 2 rings (SSSR count).